The number of rotatable bonds is 5. The highest BCUT2D eigenvalue weighted by atomic mass is 35.5. The molecular weight excluding hydrogens is 326 g/mol. The second-order valence-corrected chi connectivity index (χ2v) is 6.23. The molecule has 0 saturated heterocycles. The summed E-state index contributed by atoms with van der Waals surface area (Å²) in [4.78, 5) is 12.0. The molecule has 24 heavy (non-hydrogen) atoms. The maximum Gasteiger partial charge on any atom is 0.322 e. The topological polar surface area (TPSA) is 76.4 Å². The van der Waals surface area contributed by atoms with Crippen molar-refractivity contribution in [2.45, 2.75) is 32.9 Å². The predicted octanol–water partition coefficient (Wildman–Crippen LogP) is 4.59. The van der Waals surface area contributed by atoms with Gasteiger partial charge in [0.25, 0.3) is 0 Å². The fraction of sp³-hybridized carbons (Fsp3) is 0.278. The second kappa shape index (κ2) is 7.93. The lowest BCUT2D eigenvalue weighted by molar-refractivity contribution is 0.183. The van der Waals surface area contributed by atoms with E-state index in [4.69, 9.17) is 22.1 Å². The third kappa shape index (κ3) is 5.06. The Labute approximate surface area is 147 Å². The van der Waals surface area contributed by atoms with E-state index in [0.717, 1.165) is 0 Å². The third-order valence-electron chi connectivity index (χ3n) is 3.45. The molecule has 0 saturated carbocycles. The Morgan fingerprint density at radius 2 is 1.79 bits per heavy atom. The zero-order chi connectivity index (χ0) is 17.7. The van der Waals surface area contributed by atoms with Crippen LogP contribution in [0.4, 0.5) is 16.2 Å². The molecule has 0 bridgehead atoms. The number of carbonyl (C=O) groups is 1. The molecule has 0 aliphatic rings. The lowest BCUT2D eigenvalue weighted by Crippen LogP contribution is -2.39. The lowest BCUT2D eigenvalue weighted by atomic mass is 10.0. The van der Waals surface area contributed by atoms with Crippen LogP contribution in [0.3, 0.4) is 0 Å². The number of nitrogens with one attached hydrogen (secondary N) is 2. The monoisotopic (exact) mass is 347 g/mol. The van der Waals surface area contributed by atoms with E-state index >= 15 is 0 Å². The van der Waals surface area contributed by atoms with Crippen LogP contribution in [0.5, 0.6) is 5.75 Å². The Bertz CT molecular complexity index is 702. The summed E-state index contributed by atoms with van der Waals surface area (Å²) in [6.07, 6.45) is -0.487. The molecule has 6 heteroatoms. The van der Waals surface area contributed by atoms with Crippen molar-refractivity contribution in [1.82, 2.24) is 5.32 Å². The summed E-state index contributed by atoms with van der Waals surface area (Å²) in [6, 6.07) is 12.3. The smallest absolute Gasteiger partial charge is 0.322 e. The van der Waals surface area contributed by atoms with Crippen LogP contribution in [0.25, 0.3) is 0 Å². The number of nitrogens with two attached hydrogens (primary N) is 1. The molecule has 4 N–H and O–H groups in total. The van der Waals surface area contributed by atoms with Crippen LogP contribution in [-0.2, 0) is 0 Å². The molecule has 0 radical (unpaired) electrons. The van der Waals surface area contributed by atoms with Gasteiger partial charge in [-0.25, -0.2) is 4.79 Å². The fourth-order valence-corrected chi connectivity index (χ4v) is 2.30. The van der Waals surface area contributed by atoms with E-state index in [9.17, 15) is 4.79 Å². The number of nitrogen functional groups attached to an aromatic ring is 1. The summed E-state index contributed by atoms with van der Waals surface area (Å²) in [5, 5.41) is 5.77. The van der Waals surface area contributed by atoms with Crippen molar-refractivity contribution in [3.8, 4) is 5.75 Å². The average molecular weight is 348 g/mol. The van der Waals surface area contributed by atoms with Crippen LogP contribution in [0.15, 0.2) is 42.5 Å². The average Bonchev–Trinajstić information content (AvgIpc) is 2.51. The van der Waals surface area contributed by atoms with Crippen LogP contribution in [0, 0.1) is 0 Å². The molecule has 1 unspecified atom stereocenters. The van der Waals surface area contributed by atoms with E-state index in [2.05, 4.69) is 24.5 Å². The number of benzene rings is 2. The number of carbonyl (C=O) groups excluding carboxylic acids is 1. The fourth-order valence-electron chi connectivity index (χ4n) is 2.12. The molecule has 0 aromatic heterocycles. The number of hydrogen-bond acceptors (Lipinski definition) is 3. The SMILES string of the molecule is CC(NC(=O)Nc1ccc(N)c(Cl)c1)Oc1ccc(C(C)C)cc1. The summed E-state index contributed by atoms with van der Waals surface area (Å²) in [7, 11) is 0. The number of anilines is 2. The van der Waals surface area contributed by atoms with Gasteiger partial charge in [-0.3, -0.25) is 0 Å². The van der Waals surface area contributed by atoms with Gasteiger partial charge in [0.05, 0.1) is 10.7 Å². The highest BCUT2D eigenvalue weighted by Crippen LogP contribution is 2.22. The molecule has 1 atom stereocenters. The summed E-state index contributed by atoms with van der Waals surface area (Å²) in [5.41, 5.74) is 7.89. The molecule has 2 aromatic carbocycles. The molecule has 2 amide bonds. The standard InChI is InChI=1S/C18H22ClN3O2/c1-11(2)13-4-7-15(8-5-13)24-12(3)21-18(23)22-14-6-9-17(20)16(19)10-14/h4-12H,20H2,1-3H3,(H2,21,22,23). The van der Waals surface area contributed by atoms with Gasteiger partial charge in [-0.1, -0.05) is 37.6 Å². The first-order chi connectivity index (χ1) is 11.3. The van der Waals surface area contributed by atoms with Crippen LogP contribution >= 0.6 is 11.6 Å². The van der Waals surface area contributed by atoms with E-state index in [1.165, 1.54) is 5.56 Å². The minimum Gasteiger partial charge on any atom is -0.471 e. The predicted molar refractivity (Wildman–Crippen MR) is 98.6 cm³/mol. The maximum absolute atomic E-state index is 12.0. The molecule has 128 valence electrons. The van der Waals surface area contributed by atoms with Crippen LogP contribution < -0.4 is 21.1 Å². The van der Waals surface area contributed by atoms with Crippen LogP contribution in [-0.4, -0.2) is 12.3 Å². The molecule has 0 heterocycles. The second-order valence-electron chi connectivity index (χ2n) is 5.82. The van der Waals surface area contributed by atoms with Crippen molar-refractivity contribution in [2.75, 3.05) is 11.1 Å². The van der Waals surface area contributed by atoms with E-state index in [-0.39, 0.29) is 6.03 Å². The van der Waals surface area contributed by atoms with Crippen molar-refractivity contribution >= 4 is 29.0 Å². The van der Waals surface area contributed by atoms with Gasteiger partial charge in [0, 0.05) is 5.69 Å². The van der Waals surface area contributed by atoms with Crippen LogP contribution in [0.2, 0.25) is 5.02 Å². The normalized spacial score (nSPS) is 11.9. The summed E-state index contributed by atoms with van der Waals surface area (Å²) < 4.78 is 5.68. The van der Waals surface area contributed by atoms with Crippen molar-refractivity contribution in [2.24, 2.45) is 0 Å². The highest BCUT2D eigenvalue weighted by Gasteiger charge is 2.10. The van der Waals surface area contributed by atoms with E-state index in [1.807, 2.05) is 24.3 Å². The first-order valence-electron chi connectivity index (χ1n) is 7.74. The molecule has 0 fully saturated rings. The molecule has 2 aromatic rings. The summed E-state index contributed by atoms with van der Waals surface area (Å²) in [6.45, 7) is 6.02. The van der Waals surface area contributed by atoms with Gasteiger partial charge in [-0.15, -0.1) is 0 Å². The zero-order valence-corrected chi connectivity index (χ0v) is 14.7. The zero-order valence-electron chi connectivity index (χ0n) is 14.0. The lowest BCUT2D eigenvalue weighted by Gasteiger charge is -2.17. The van der Waals surface area contributed by atoms with E-state index in [1.54, 1.807) is 25.1 Å². The minimum absolute atomic E-state index is 0.387. The first-order valence-corrected chi connectivity index (χ1v) is 8.12. The third-order valence-corrected chi connectivity index (χ3v) is 3.78. The number of urea groups is 1. The van der Waals surface area contributed by atoms with Gasteiger partial charge >= 0.3 is 6.03 Å². The Hall–Kier alpha value is -2.40. The Kier molecular flexibility index (Phi) is 5.93. The summed E-state index contributed by atoms with van der Waals surface area (Å²) >= 11 is 5.92. The van der Waals surface area contributed by atoms with Gasteiger partial charge in [0.15, 0.2) is 6.23 Å². The largest absolute Gasteiger partial charge is 0.471 e. The highest BCUT2D eigenvalue weighted by molar-refractivity contribution is 6.33. The Morgan fingerprint density at radius 1 is 1.12 bits per heavy atom. The molecule has 0 spiro atoms. The maximum atomic E-state index is 12.0. The Balaban J connectivity index is 1.87. The molecular formula is C18H22ClN3O2. The molecule has 5 nitrogen and oxygen atoms in total. The van der Waals surface area contributed by atoms with Crippen molar-refractivity contribution in [3.05, 3.63) is 53.1 Å². The van der Waals surface area contributed by atoms with E-state index < -0.39 is 6.23 Å². The van der Waals surface area contributed by atoms with E-state index in [0.29, 0.717) is 28.1 Å². The minimum atomic E-state index is -0.487. The quantitative estimate of drug-likeness (QED) is 0.546. The van der Waals surface area contributed by atoms with Crippen molar-refractivity contribution in [3.63, 3.8) is 0 Å². The Morgan fingerprint density at radius 3 is 2.38 bits per heavy atom. The van der Waals surface area contributed by atoms with Gasteiger partial charge in [-0.2, -0.15) is 0 Å². The number of halogens is 1. The first kappa shape index (κ1) is 17.9. The van der Waals surface area contributed by atoms with Crippen LogP contribution in [0.1, 0.15) is 32.3 Å². The van der Waals surface area contributed by atoms with Gasteiger partial charge in [-0.05, 0) is 48.7 Å². The van der Waals surface area contributed by atoms with Gasteiger partial charge in [0.1, 0.15) is 5.75 Å². The van der Waals surface area contributed by atoms with Gasteiger partial charge in [0.2, 0.25) is 0 Å². The number of amides is 2. The molecule has 2 rings (SSSR count). The van der Waals surface area contributed by atoms with Crippen molar-refractivity contribution in [1.29, 1.82) is 0 Å². The number of hydrogen-bond donors (Lipinski definition) is 3. The summed E-state index contributed by atoms with van der Waals surface area (Å²) in [5.74, 6) is 1.16. The molecule has 0 aliphatic carbocycles. The van der Waals surface area contributed by atoms with Gasteiger partial charge < -0.3 is 21.1 Å². The van der Waals surface area contributed by atoms with Crippen molar-refractivity contribution < 1.29 is 9.53 Å². The molecule has 0 aliphatic heterocycles. The number of ether oxygens (including phenoxy) is 1.